The zero-order valence-corrected chi connectivity index (χ0v) is 12.2. The molecular weight excluding hydrogens is 280 g/mol. The summed E-state index contributed by atoms with van der Waals surface area (Å²) in [7, 11) is 0. The largest absolute Gasteiger partial charge is 0.393 e. The summed E-state index contributed by atoms with van der Waals surface area (Å²) in [4.78, 5) is 0. The molecule has 0 radical (unpaired) electrons. The summed E-state index contributed by atoms with van der Waals surface area (Å²) >= 11 is 3.62. The van der Waals surface area contributed by atoms with Crippen molar-refractivity contribution in [3.05, 3.63) is 15.9 Å². The van der Waals surface area contributed by atoms with Gasteiger partial charge in [0.15, 0.2) is 0 Å². The maximum atomic E-state index is 10.0. The van der Waals surface area contributed by atoms with Crippen LogP contribution in [0.2, 0.25) is 0 Å². The molecule has 1 saturated carbocycles. The van der Waals surface area contributed by atoms with Crippen LogP contribution < -0.4 is 0 Å². The highest BCUT2D eigenvalue weighted by Crippen LogP contribution is 2.31. The lowest BCUT2D eigenvalue weighted by molar-refractivity contribution is 0.0689. The Morgan fingerprint density at radius 2 is 2.12 bits per heavy atom. The summed E-state index contributed by atoms with van der Waals surface area (Å²) in [6.07, 6.45) is 5.33. The van der Waals surface area contributed by atoms with Crippen molar-refractivity contribution in [2.45, 2.75) is 58.6 Å². The van der Waals surface area contributed by atoms with E-state index < -0.39 is 0 Å². The minimum absolute atomic E-state index is 0.129. The molecule has 17 heavy (non-hydrogen) atoms. The quantitative estimate of drug-likeness (QED) is 0.931. The van der Waals surface area contributed by atoms with Gasteiger partial charge in [-0.2, -0.15) is 5.10 Å². The van der Waals surface area contributed by atoms with Crippen LogP contribution in [-0.4, -0.2) is 21.0 Å². The van der Waals surface area contributed by atoms with Crippen molar-refractivity contribution in [3.63, 3.8) is 0 Å². The van der Waals surface area contributed by atoms with Crippen molar-refractivity contribution < 1.29 is 5.11 Å². The van der Waals surface area contributed by atoms with Crippen molar-refractivity contribution in [2.24, 2.45) is 5.92 Å². The number of rotatable bonds is 3. The Morgan fingerprint density at radius 1 is 1.41 bits per heavy atom. The molecule has 2 atom stereocenters. The van der Waals surface area contributed by atoms with E-state index in [1.54, 1.807) is 0 Å². The standard InChI is InChI=1S/C13H21BrN2O/c1-3-16-11(13(14)9(2)15-16)8-10-6-4-5-7-12(10)17/h10,12,17H,3-8H2,1-2H3. The summed E-state index contributed by atoms with van der Waals surface area (Å²) in [5.74, 6) is 0.404. The van der Waals surface area contributed by atoms with E-state index in [9.17, 15) is 5.11 Å². The highest BCUT2D eigenvalue weighted by molar-refractivity contribution is 9.10. The second kappa shape index (κ2) is 5.53. The lowest BCUT2D eigenvalue weighted by Crippen LogP contribution is -2.27. The summed E-state index contributed by atoms with van der Waals surface area (Å²) in [5.41, 5.74) is 2.29. The van der Waals surface area contributed by atoms with Crippen LogP contribution in [0.15, 0.2) is 4.47 Å². The fraction of sp³-hybridized carbons (Fsp3) is 0.769. The SMILES string of the molecule is CCn1nc(C)c(Br)c1CC1CCCCC1O. The van der Waals surface area contributed by atoms with E-state index in [0.29, 0.717) is 5.92 Å². The molecule has 3 nitrogen and oxygen atoms in total. The van der Waals surface area contributed by atoms with E-state index in [2.05, 4.69) is 32.6 Å². The summed E-state index contributed by atoms with van der Waals surface area (Å²) in [6.45, 7) is 5.03. The van der Waals surface area contributed by atoms with Crippen LogP contribution >= 0.6 is 15.9 Å². The predicted molar refractivity (Wildman–Crippen MR) is 72.0 cm³/mol. The van der Waals surface area contributed by atoms with Crippen molar-refractivity contribution in [1.29, 1.82) is 0 Å². The average molecular weight is 301 g/mol. The molecule has 0 amide bonds. The first-order valence-electron chi connectivity index (χ1n) is 6.53. The third kappa shape index (κ3) is 2.74. The molecule has 1 heterocycles. The van der Waals surface area contributed by atoms with Gasteiger partial charge in [-0.05, 0) is 55.0 Å². The smallest absolute Gasteiger partial charge is 0.0738 e. The molecule has 0 aliphatic heterocycles. The second-order valence-corrected chi connectivity index (χ2v) is 5.77. The molecule has 1 aromatic heterocycles. The van der Waals surface area contributed by atoms with Crippen molar-refractivity contribution in [2.75, 3.05) is 0 Å². The van der Waals surface area contributed by atoms with Crippen LogP contribution in [0.25, 0.3) is 0 Å². The van der Waals surface area contributed by atoms with Crippen LogP contribution in [0.5, 0.6) is 0 Å². The van der Waals surface area contributed by atoms with Crippen LogP contribution in [-0.2, 0) is 13.0 Å². The molecule has 1 aliphatic carbocycles. The highest BCUT2D eigenvalue weighted by Gasteiger charge is 2.25. The van der Waals surface area contributed by atoms with E-state index in [0.717, 1.165) is 36.0 Å². The number of aliphatic hydroxyl groups excluding tert-OH is 1. The molecule has 1 aliphatic rings. The minimum atomic E-state index is -0.129. The molecule has 1 N–H and O–H groups in total. The van der Waals surface area contributed by atoms with Gasteiger partial charge in [-0.15, -0.1) is 0 Å². The number of hydrogen-bond donors (Lipinski definition) is 1. The van der Waals surface area contributed by atoms with Gasteiger partial charge in [-0.25, -0.2) is 0 Å². The van der Waals surface area contributed by atoms with Gasteiger partial charge in [0.1, 0.15) is 0 Å². The van der Waals surface area contributed by atoms with Gasteiger partial charge < -0.3 is 5.11 Å². The van der Waals surface area contributed by atoms with Crippen molar-refractivity contribution >= 4 is 15.9 Å². The third-order valence-electron chi connectivity index (χ3n) is 3.78. The lowest BCUT2D eigenvalue weighted by atomic mass is 9.83. The van der Waals surface area contributed by atoms with Gasteiger partial charge in [0.2, 0.25) is 0 Å². The molecule has 1 fully saturated rings. The van der Waals surface area contributed by atoms with E-state index in [1.807, 2.05) is 6.92 Å². The molecule has 96 valence electrons. The molecule has 4 heteroatoms. The first kappa shape index (κ1) is 13.1. The van der Waals surface area contributed by atoms with Crippen LogP contribution in [0, 0.1) is 12.8 Å². The van der Waals surface area contributed by atoms with E-state index >= 15 is 0 Å². The third-order valence-corrected chi connectivity index (χ3v) is 4.81. The number of nitrogens with zero attached hydrogens (tertiary/aromatic N) is 2. The Bertz CT molecular complexity index is 389. The lowest BCUT2D eigenvalue weighted by Gasteiger charge is -2.27. The molecule has 2 rings (SSSR count). The first-order chi connectivity index (χ1) is 8.13. The van der Waals surface area contributed by atoms with Gasteiger partial charge in [-0.3, -0.25) is 4.68 Å². The number of hydrogen-bond acceptors (Lipinski definition) is 2. The molecule has 0 saturated heterocycles. The normalized spacial score (nSPS) is 25.2. The fourth-order valence-corrected chi connectivity index (χ4v) is 3.18. The zero-order valence-electron chi connectivity index (χ0n) is 10.6. The first-order valence-corrected chi connectivity index (χ1v) is 7.32. The molecule has 2 unspecified atom stereocenters. The number of aromatic nitrogens is 2. The number of aryl methyl sites for hydroxylation is 2. The molecular formula is C13H21BrN2O. The molecule has 1 aromatic rings. The maximum Gasteiger partial charge on any atom is 0.0738 e. The number of aliphatic hydroxyl groups is 1. The highest BCUT2D eigenvalue weighted by atomic mass is 79.9. The summed E-state index contributed by atoms with van der Waals surface area (Å²) < 4.78 is 3.18. The molecule has 0 spiro atoms. The molecule has 0 bridgehead atoms. The average Bonchev–Trinajstić information content (AvgIpc) is 2.59. The Labute approximate surface area is 111 Å². The minimum Gasteiger partial charge on any atom is -0.393 e. The van der Waals surface area contributed by atoms with Crippen LogP contribution in [0.1, 0.15) is 44.0 Å². The fourth-order valence-electron chi connectivity index (χ4n) is 2.74. The van der Waals surface area contributed by atoms with Crippen LogP contribution in [0.3, 0.4) is 0 Å². The predicted octanol–water partition coefficient (Wildman–Crippen LogP) is 3.07. The molecule has 0 aromatic carbocycles. The maximum absolute atomic E-state index is 10.0. The van der Waals surface area contributed by atoms with Gasteiger partial charge >= 0.3 is 0 Å². The Kier molecular flexibility index (Phi) is 4.26. The Morgan fingerprint density at radius 3 is 2.76 bits per heavy atom. The summed E-state index contributed by atoms with van der Waals surface area (Å²) in [5, 5.41) is 14.6. The Hall–Kier alpha value is -0.350. The van der Waals surface area contributed by atoms with Crippen molar-refractivity contribution in [1.82, 2.24) is 9.78 Å². The van der Waals surface area contributed by atoms with E-state index in [4.69, 9.17) is 0 Å². The number of halogens is 1. The Balaban J connectivity index is 2.16. The van der Waals surface area contributed by atoms with E-state index in [-0.39, 0.29) is 6.10 Å². The van der Waals surface area contributed by atoms with Gasteiger partial charge in [-0.1, -0.05) is 12.8 Å². The summed E-state index contributed by atoms with van der Waals surface area (Å²) in [6, 6.07) is 0. The van der Waals surface area contributed by atoms with Gasteiger partial charge in [0, 0.05) is 6.54 Å². The van der Waals surface area contributed by atoms with Crippen molar-refractivity contribution in [3.8, 4) is 0 Å². The second-order valence-electron chi connectivity index (χ2n) is 4.98. The van der Waals surface area contributed by atoms with E-state index in [1.165, 1.54) is 18.5 Å². The topological polar surface area (TPSA) is 38.0 Å². The van der Waals surface area contributed by atoms with Gasteiger partial charge in [0.05, 0.1) is 22.0 Å². The zero-order chi connectivity index (χ0) is 12.4. The monoisotopic (exact) mass is 300 g/mol. The van der Waals surface area contributed by atoms with Crippen LogP contribution in [0.4, 0.5) is 0 Å². The van der Waals surface area contributed by atoms with Gasteiger partial charge in [0.25, 0.3) is 0 Å².